The zero-order valence-corrected chi connectivity index (χ0v) is 11.5. The largest absolute Gasteiger partial charge is 0.253 e. The van der Waals surface area contributed by atoms with Crippen LogP contribution in [0.4, 0.5) is 0 Å². The van der Waals surface area contributed by atoms with Crippen LogP contribution in [0, 0.1) is 18.3 Å². The predicted molar refractivity (Wildman–Crippen MR) is 72.0 cm³/mol. The highest BCUT2D eigenvalue weighted by Gasteiger charge is 2.12. The first-order valence-electron chi connectivity index (χ1n) is 5.76. The molecule has 0 aliphatic carbocycles. The van der Waals surface area contributed by atoms with Gasteiger partial charge in [-0.15, -0.1) is 0 Å². The Bertz CT molecular complexity index is 754. The fourth-order valence-electron chi connectivity index (χ4n) is 1.75. The second-order valence-corrected chi connectivity index (χ2v) is 6.32. The molecule has 1 aromatic heterocycles. The summed E-state index contributed by atoms with van der Waals surface area (Å²) in [4.78, 5) is 0. The van der Waals surface area contributed by atoms with Gasteiger partial charge in [0, 0.05) is 5.56 Å². The highest BCUT2D eigenvalue weighted by molar-refractivity contribution is 7.89. The molecule has 5 nitrogen and oxygen atoms in total. The van der Waals surface area contributed by atoms with Crippen molar-refractivity contribution in [2.45, 2.75) is 13.8 Å². The van der Waals surface area contributed by atoms with Crippen LogP contribution in [0.3, 0.4) is 0 Å². The number of nitriles is 1. The summed E-state index contributed by atoms with van der Waals surface area (Å²) >= 11 is 0. The van der Waals surface area contributed by atoms with Crippen LogP contribution >= 0.6 is 0 Å². The molecule has 0 fully saturated rings. The van der Waals surface area contributed by atoms with Crippen LogP contribution in [0.15, 0.2) is 30.6 Å². The summed E-state index contributed by atoms with van der Waals surface area (Å²) in [5.74, 6) is -0.00855. The molecule has 0 atom stereocenters. The van der Waals surface area contributed by atoms with Gasteiger partial charge in [0.25, 0.3) is 10.0 Å². The molecule has 0 saturated carbocycles. The van der Waals surface area contributed by atoms with Gasteiger partial charge in [-0.05, 0) is 37.1 Å². The fourth-order valence-corrected chi connectivity index (χ4v) is 2.48. The molecule has 0 aliphatic rings. The Labute approximate surface area is 112 Å². The minimum atomic E-state index is -3.37. The smallest absolute Gasteiger partial charge is 0.205 e. The Hall–Kier alpha value is -2.13. The van der Waals surface area contributed by atoms with Crippen molar-refractivity contribution in [3.05, 3.63) is 41.7 Å². The van der Waals surface area contributed by atoms with Crippen molar-refractivity contribution in [2.24, 2.45) is 0 Å². The lowest BCUT2D eigenvalue weighted by atomic mass is 10.0. The van der Waals surface area contributed by atoms with Gasteiger partial charge in [0.15, 0.2) is 0 Å². The van der Waals surface area contributed by atoms with E-state index in [1.165, 1.54) is 12.4 Å². The number of aromatic nitrogens is 2. The third-order valence-electron chi connectivity index (χ3n) is 2.75. The van der Waals surface area contributed by atoms with Crippen LogP contribution < -0.4 is 0 Å². The van der Waals surface area contributed by atoms with Crippen LogP contribution in [0.25, 0.3) is 11.1 Å². The number of hydrogen-bond donors (Lipinski definition) is 0. The van der Waals surface area contributed by atoms with Crippen molar-refractivity contribution in [3.63, 3.8) is 0 Å². The molecule has 98 valence electrons. The topological polar surface area (TPSA) is 75.8 Å². The van der Waals surface area contributed by atoms with Crippen molar-refractivity contribution in [2.75, 3.05) is 5.75 Å². The molecule has 19 heavy (non-hydrogen) atoms. The molecule has 0 aliphatic heterocycles. The van der Waals surface area contributed by atoms with Crippen LogP contribution in [-0.2, 0) is 10.0 Å². The Kier molecular flexibility index (Phi) is 3.40. The standard InChI is InChI=1S/C13H13N3O2S/c1-3-19(17,18)16-9-13(8-15-16)12-5-10(2)4-11(6-12)7-14/h4-6,8-9H,3H2,1-2H3. The van der Waals surface area contributed by atoms with E-state index in [1.807, 2.05) is 13.0 Å². The highest BCUT2D eigenvalue weighted by Crippen LogP contribution is 2.22. The first-order valence-corrected chi connectivity index (χ1v) is 7.37. The molecule has 1 aromatic carbocycles. The van der Waals surface area contributed by atoms with Gasteiger partial charge in [0.2, 0.25) is 0 Å². The van der Waals surface area contributed by atoms with Gasteiger partial charge >= 0.3 is 0 Å². The van der Waals surface area contributed by atoms with E-state index < -0.39 is 10.0 Å². The first kappa shape index (κ1) is 13.3. The summed E-state index contributed by atoms with van der Waals surface area (Å²) < 4.78 is 24.3. The monoisotopic (exact) mass is 275 g/mol. The summed E-state index contributed by atoms with van der Waals surface area (Å²) in [6.07, 6.45) is 2.96. The maximum atomic E-state index is 11.7. The molecule has 0 N–H and O–H groups in total. The molecule has 0 bridgehead atoms. The van der Waals surface area contributed by atoms with E-state index in [-0.39, 0.29) is 5.75 Å². The third-order valence-corrected chi connectivity index (χ3v) is 4.25. The quantitative estimate of drug-likeness (QED) is 0.857. The summed E-state index contributed by atoms with van der Waals surface area (Å²) in [6.45, 7) is 3.45. The van der Waals surface area contributed by atoms with Gasteiger partial charge in [-0.2, -0.15) is 14.4 Å². The minimum Gasteiger partial charge on any atom is -0.205 e. The molecule has 0 spiro atoms. The SMILES string of the molecule is CCS(=O)(=O)n1cc(-c2cc(C)cc(C#N)c2)cn1. The van der Waals surface area contributed by atoms with E-state index in [9.17, 15) is 8.42 Å². The summed E-state index contributed by atoms with van der Waals surface area (Å²) in [7, 11) is -3.37. The molecule has 0 unspecified atom stereocenters. The summed E-state index contributed by atoms with van der Waals surface area (Å²) in [5.41, 5.74) is 2.95. The van der Waals surface area contributed by atoms with Gasteiger partial charge in [-0.25, -0.2) is 8.42 Å². The third kappa shape index (κ3) is 2.66. The molecule has 0 saturated heterocycles. The molecule has 0 radical (unpaired) electrons. The van der Waals surface area contributed by atoms with Gasteiger partial charge < -0.3 is 0 Å². The van der Waals surface area contributed by atoms with Crippen molar-refractivity contribution < 1.29 is 8.42 Å². The molecular weight excluding hydrogens is 262 g/mol. The Morgan fingerprint density at radius 1 is 1.32 bits per heavy atom. The molecule has 2 aromatic rings. The second-order valence-electron chi connectivity index (χ2n) is 4.20. The minimum absolute atomic E-state index is 0.00855. The maximum Gasteiger partial charge on any atom is 0.253 e. The first-order chi connectivity index (χ1) is 8.96. The van der Waals surface area contributed by atoms with Crippen LogP contribution in [-0.4, -0.2) is 23.4 Å². The van der Waals surface area contributed by atoms with Gasteiger partial charge in [0.1, 0.15) is 0 Å². The normalized spacial score (nSPS) is 11.2. The Morgan fingerprint density at radius 2 is 2.05 bits per heavy atom. The average molecular weight is 275 g/mol. The van der Waals surface area contributed by atoms with Crippen LogP contribution in [0.1, 0.15) is 18.1 Å². The summed E-state index contributed by atoms with van der Waals surface area (Å²) in [6, 6.07) is 7.46. The van der Waals surface area contributed by atoms with E-state index in [1.54, 1.807) is 19.1 Å². The van der Waals surface area contributed by atoms with Crippen molar-refractivity contribution >= 4 is 10.0 Å². The highest BCUT2D eigenvalue weighted by atomic mass is 32.2. The van der Waals surface area contributed by atoms with E-state index in [4.69, 9.17) is 5.26 Å². The van der Waals surface area contributed by atoms with E-state index in [2.05, 4.69) is 11.2 Å². The van der Waals surface area contributed by atoms with Crippen molar-refractivity contribution in [1.82, 2.24) is 9.19 Å². The van der Waals surface area contributed by atoms with Gasteiger partial charge in [-0.1, -0.05) is 6.07 Å². The number of hydrogen-bond acceptors (Lipinski definition) is 4. The molecule has 6 heteroatoms. The molecule has 0 amide bonds. The van der Waals surface area contributed by atoms with Crippen LogP contribution in [0.2, 0.25) is 0 Å². The van der Waals surface area contributed by atoms with E-state index in [0.717, 1.165) is 15.2 Å². The van der Waals surface area contributed by atoms with Crippen LogP contribution in [0.5, 0.6) is 0 Å². The van der Waals surface area contributed by atoms with E-state index >= 15 is 0 Å². The zero-order valence-electron chi connectivity index (χ0n) is 10.7. The molecule has 1 heterocycles. The number of aryl methyl sites for hydroxylation is 1. The molecule has 2 rings (SSSR count). The lowest BCUT2D eigenvalue weighted by Gasteiger charge is -2.01. The fraction of sp³-hybridized carbons (Fsp3) is 0.231. The average Bonchev–Trinajstić information content (AvgIpc) is 2.88. The lowest BCUT2D eigenvalue weighted by Crippen LogP contribution is -2.14. The predicted octanol–water partition coefficient (Wildman–Crippen LogP) is 1.93. The number of nitrogens with zero attached hydrogens (tertiary/aromatic N) is 3. The maximum absolute atomic E-state index is 11.7. The Morgan fingerprint density at radius 3 is 2.68 bits per heavy atom. The van der Waals surface area contributed by atoms with E-state index in [0.29, 0.717) is 11.1 Å². The molecular formula is C13H13N3O2S. The number of rotatable bonds is 3. The van der Waals surface area contributed by atoms with Gasteiger partial charge in [0.05, 0.1) is 29.8 Å². The second kappa shape index (κ2) is 4.86. The van der Waals surface area contributed by atoms with Gasteiger partial charge in [-0.3, -0.25) is 0 Å². The lowest BCUT2D eigenvalue weighted by molar-refractivity contribution is 0.581. The number of benzene rings is 1. The zero-order chi connectivity index (χ0) is 14.0. The summed E-state index contributed by atoms with van der Waals surface area (Å²) in [5, 5.41) is 12.8. The van der Waals surface area contributed by atoms with Crippen molar-refractivity contribution in [3.8, 4) is 17.2 Å². The van der Waals surface area contributed by atoms with Crippen molar-refractivity contribution in [1.29, 1.82) is 5.26 Å². The Balaban J connectivity index is 2.50.